The van der Waals surface area contributed by atoms with Gasteiger partial charge in [-0.25, -0.2) is 13.4 Å². The van der Waals surface area contributed by atoms with Crippen LogP contribution in [0.1, 0.15) is 0 Å². The van der Waals surface area contributed by atoms with E-state index >= 15 is 0 Å². The smallest absolute Gasteiger partial charge is 0.262 e. The molecular weight excluding hydrogens is 421 g/mol. The number of hydrogen-bond donors (Lipinski definition) is 0. The van der Waals surface area contributed by atoms with E-state index in [1.807, 2.05) is 12.1 Å². The maximum absolute atomic E-state index is 11.1. The van der Waals surface area contributed by atoms with Gasteiger partial charge in [0, 0.05) is 21.2 Å². The molecule has 0 bridgehead atoms. The van der Waals surface area contributed by atoms with Crippen molar-refractivity contribution in [3.8, 4) is 11.6 Å². The summed E-state index contributed by atoms with van der Waals surface area (Å²) in [6, 6.07) is 8.16. The van der Waals surface area contributed by atoms with Crippen LogP contribution in [-0.4, -0.2) is 13.4 Å². The molecular formula is C11H6Br2ClNO3S. The largest absolute Gasteiger partial charge is 0.438 e. The Balaban J connectivity index is 2.25. The number of nitrogens with zero attached hydrogens (tertiary/aromatic N) is 1. The second-order valence-corrected chi connectivity index (χ2v) is 7.78. The third-order valence-electron chi connectivity index (χ3n) is 2.10. The van der Waals surface area contributed by atoms with E-state index in [-0.39, 0.29) is 10.8 Å². The van der Waals surface area contributed by atoms with Crippen molar-refractivity contribution in [2.75, 3.05) is 0 Å². The predicted molar refractivity (Wildman–Crippen MR) is 79.2 cm³/mol. The van der Waals surface area contributed by atoms with Crippen LogP contribution in [0.4, 0.5) is 0 Å². The third-order valence-corrected chi connectivity index (χ3v) is 4.55. The van der Waals surface area contributed by atoms with Crippen molar-refractivity contribution < 1.29 is 13.2 Å². The van der Waals surface area contributed by atoms with Crippen LogP contribution < -0.4 is 4.74 Å². The topological polar surface area (TPSA) is 56.3 Å². The summed E-state index contributed by atoms with van der Waals surface area (Å²) in [4.78, 5) is 3.81. The van der Waals surface area contributed by atoms with E-state index in [1.54, 1.807) is 6.07 Å². The minimum Gasteiger partial charge on any atom is -0.438 e. The van der Waals surface area contributed by atoms with Gasteiger partial charge in [-0.15, -0.1) is 0 Å². The first-order valence-electron chi connectivity index (χ1n) is 4.90. The first kappa shape index (κ1) is 14.8. The highest BCUT2D eigenvalue weighted by Crippen LogP contribution is 2.31. The van der Waals surface area contributed by atoms with Gasteiger partial charge in [0.05, 0.1) is 10.7 Å². The maximum Gasteiger partial charge on any atom is 0.262 e. The van der Waals surface area contributed by atoms with Gasteiger partial charge < -0.3 is 4.74 Å². The van der Waals surface area contributed by atoms with Crippen LogP contribution >= 0.6 is 42.5 Å². The molecule has 19 heavy (non-hydrogen) atoms. The van der Waals surface area contributed by atoms with Gasteiger partial charge >= 0.3 is 0 Å². The number of hydrogen-bond acceptors (Lipinski definition) is 4. The summed E-state index contributed by atoms with van der Waals surface area (Å²) in [6.45, 7) is 0. The van der Waals surface area contributed by atoms with Crippen molar-refractivity contribution in [3.63, 3.8) is 0 Å². The number of aromatic nitrogens is 1. The normalized spacial score (nSPS) is 11.3. The lowest BCUT2D eigenvalue weighted by Gasteiger charge is -2.07. The van der Waals surface area contributed by atoms with Crippen LogP contribution in [0, 0.1) is 0 Å². The first-order chi connectivity index (χ1) is 8.86. The van der Waals surface area contributed by atoms with Gasteiger partial charge in [-0.2, -0.15) is 0 Å². The molecule has 0 N–H and O–H groups in total. The van der Waals surface area contributed by atoms with Crippen molar-refractivity contribution in [2.45, 2.75) is 4.90 Å². The van der Waals surface area contributed by atoms with Gasteiger partial charge in [0.25, 0.3) is 9.05 Å². The Morgan fingerprint density at radius 1 is 1.16 bits per heavy atom. The maximum atomic E-state index is 11.1. The molecule has 1 aromatic heterocycles. The van der Waals surface area contributed by atoms with Gasteiger partial charge in [0.15, 0.2) is 0 Å². The van der Waals surface area contributed by atoms with Crippen molar-refractivity contribution >= 4 is 51.6 Å². The number of pyridine rings is 1. The fourth-order valence-electron chi connectivity index (χ4n) is 1.24. The van der Waals surface area contributed by atoms with Crippen LogP contribution in [0.3, 0.4) is 0 Å². The average Bonchev–Trinajstić information content (AvgIpc) is 2.32. The lowest BCUT2D eigenvalue weighted by atomic mass is 10.3. The molecule has 100 valence electrons. The van der Waals surface area contributed by atoms with E-state index in [0.29, 0.717) is 5.75 Å². The Bertz CT molecular complexity index is 704. The molecule has 1 aromatic carbocycles. The number of halogens is 3. The van der Waals surface area contributed by atoms with Gasteiger partial charge in [-0.1, -0.05) is 15.9 Å². The summed E-state index contributed by atoms with van der Waals surface area (Å²) < 4.78 is 29.3. The van der Waals surface area contributed by atoms with E-state index in [4.69, 9.17) is 15.4 Å². The van der Waals surface area contributed by atoms with Gasteiger partial charge in [0.1, 0.15) is 10.6 Å². The molecule has 0 atom stereocenters. The molecule has 1 heterocycles. The highest BCUT2D eigenvalue weighted by Gasteiger charge is 2.11. The molecule has 8 heteroatoms. The van der Waals surface area contributed by atoms with Crippen LogP contribution in [0.2, 0.25) is 0 Å². The fourth-order valence-corrected chi connectivity index (χ4v) is 3.05. The van der Waals surface area contributed by atoms with Crippen LogP contribution in [0.5, 0.6) is 11.6 Å². The standard InChI is InChI=1S/C11H6Br2ClNO3S/c12-7-1-3-10(9(13)5-7)18-11-4-2-8(6-15-11)19(14,16)17/h1-6H. The summed E-state index contributed by atoms with van der Waals surface area (Å²) in [6.07, 6.45) is 1.14. The highest BCUT2D eigenvalue weighted by atomic mass is 79.9. The molecule has 0 saturated heterocycles. The number of benzene rings is 1. The van der Waals surface area contributed by atoms with Crippen molar-refractivity contribution in [1.29, 1.82) is 0 Å². The molecule has 0 spiro atoms. The summed E-state index contributed by atoms with van der Waals surface area (Å²) in [5, 5.41) is 0. The lowest BCUT2D eigenvalue weighted by molar-refractivity contribution is 0.459. The fraction of sp³-hybridized carbons (Fsp3) is 0. The van der Waals surface area contributed by atoms with Crippen LogP contribution in [0.25, 0.3) is 0 Å². The molecule has 0 aliphatic rings. The molecule has 0 fully saturated rings. The number of rotatable bonds is 3. The van der Waals surface area contributed by atoms with Crippen molar-refractivity contribution in [1.82, 2.24) is 4.98 Å². The van der Waals surface area contributed by atoms with Gasteiger partial charge in [-0.3, -0.25) is 0 Å². The SMILES string of the molecule is O=S(=O)(Cl)c1ccc(Oc2ccc(Br)cc2Br)nc1. The summed E-state index contributed by atoms with van der Waals surface area (Å²) in [5.41, 5.74) is 0. The Morgan fingerprint density at radius 2 is 1.89 bits per heavy atom. The minimum absolute atomic E-state index is 0.0728. The van der Waals surface area contributed by atoms with Crippen molar-refractivity contribution in [2.24, 2.45) is 0 Å². The Labute approximate surface area is 131 Å². The summed E-state index contributed by atoms with van der Waals surface area (Å²) in [7, 11) is 1.42. The Morgan fingerprint density at radius 3 is 2.42 bits per heavy atom. The zero-order chi connectivity index (χ0) is 14.0. The van der Waals surface area contributed by atoms with E-state index in [0.717, 1.165) is 15.1 Å². The summed E-state index contributed by atoms with van der Waals surface area (Å²) >= 11 is 6.68. The molecule has 0 aliphatic heterocycles. The van der Waals surface area contributed by atoms with E-state index in [1.165, 1.54) is 12.1 Å². The monoisotopic (exact) mass is 425 g/mol. The quantitative estimate of drug-likeness (QED) is 0.685. The minimum atomic E-state index is -3.77. The molecule has 0 saturated carbocycles. The molecule has 2 rings (SSSR count). The summed E-state index contributed by atoms with van der Waals surface area (Å²) in [5.74, 6) is 0.837. The third kappa shape index (κ3) is 3.92. The lowest BCUT2D eigenvalue weighted by Crippen LogP contribution is -1.93. The number of ether oxygens (including phenoxy) is 1. The average molecular weight is 428 g/mol. The molecule has 0 unspecified atom stereocenters. The second kappa shape index (κ2) is 5.78. The van der Waals surface area contributed by atoms with E-state index in [2.05, 4.69) is 36.8 Å². The van der Waals surface area contributed by atoms with Gasteiger partial charge in [0.2, 0.25) is 5.88 Å². The second-order valence-electron chi connectivity index (χ2n) is 3.45. The Kier molecular flexibility index (Phi) is 4.50. The molecule has 0 amide bonds. The van der Waals surface area contributed by atoms with E-state index < -0.39 is 9.05 Å². The first-order valence-corrected chi connectivity index (χ1v) is 8.79. The Hall–Kier alpha value is -0.630. The molecule has 0 radical (unpaired) electrons. The molecule has 0 aliphatic carbocycles. The zero-order valence-electron chi connectivity index (χ0n) is 9.18. The van der Waals surface area contributed by atoms with Crippen LogP contribution in [-0.2, 0) is 9.05 Å². The van der Waals surface area contributed by atoms with E-state index in [9.17, 15) is 8.42 Å². The molecule has 4 nitrogen and oxygen atoms in total. The predicted octanol–water partition coefficient (Wildman–Crippen LogP) is 4.33. The molecule has 2 aromatic rings. The highest BCUT2D eigenvalue weighted by molar-refractivity contribution is 9.11. The van der Waals surface area contributed by atoms with Crippen LogP contribution in [0.15, 0.2) is 50.4 Å². The van der Waals surface area contributed by atoms with Gasteiger partial charge in [-0.05, 0) is 40.2 Å². The zero-order valence-corrected chi connectivity index (χ0v) is 13.9. The van der Waals surface area contributed by atoms with Crippen molar-refractivity contribution in [3.05, 3.63) is 45.5 Å².